The number of nitrogens with zero attached hydrogens (tertiary/aromatic N) is 4. The lowest BCUT2D eigenvalue weighted by molar-refractivity contribution is 0.0995. The zero-order valence-corrected chi connectivity index (χ0v) is 20.7. The molecule has 0 fully saturated rings. The summed E-state index contributed by atoms with van der Waals surface area (Å²) in [5.41, 5.74) is 3.83. The summed E-state index contributed by atoms with van der Waals surface area (Å²) in [5.74, 6) is 1.03. The number of hydrogen-bond donors (Lipinski definition) is 1. The molecule has 33 heavy (non-hydrogen) atoms. The van der Waals surface area contributed by atoms with Crippen molar-refractivity contribution >= 4 is 28.4 Å². The maximum atomic E-state index is 13.5. The standard InChI is InChI=1S/C26H31N5OS/c1-6-22(30(4)5)25-28-29-26(31(25)16-19-12-8-7-9-13-19)33-18(3)24(32)23-17(2)27-21-15-11-10-14-20(21)23/h7-15,18,22,27H,6,16H2,1-5H3/t18-,22-/m0/s1. The van der Waals surface area contributed by atoms with E-state index in [0.717, 1.165) is 39.6 Å². The van der Waals surface area contributed by atoms with E-state index >= 15 is 0 Å². The SMILES string of the molecule is CC[C@@H](c1nnc(S[C@@H](C)C(=O)c2c(C)[nH]c3ccccc23)n1Cc1ccccc1)N(C)C. The summed E-state index contributed by atoms with van der Waals surface area (Å²) < 4.78 is 2.17. The maximum absolute atomic E-state index is 13.5. The number of ketones is 1. The Kier molecular flexibility index (Phi) is 7.00. The molecule has 172 valence electrons. The summed E-state index contributed by atoms with van der Waals surface area (Å²) in [5, 5.41) is 10.6. The molecule has 2 heterocycles. The second-order valence-electron chi connectivity index (χ2n) is 8.60. The van der Waals surface area contributed by atoms with Crippen LogP contribution in [0.15, 0.2) is 59.8 Å². The van der Waals surface area contributed by atoms with Crippen molar-refractivity contribution in [1.29, 1.82) is 0 Å². The number of hydrogen-bond acceptors (Lipinski definition) is 5. The van der Waals surface area contributed by atoms with Crippen molar-refractivity contribution in [2.45, 2.75) is 50.2 Å². The van der Waals surface area contributed by atoms with E-state index < -0.39 is 0 Å². The van der Waals surface area contributed by atoms with Gasteiger partial charge in [-0.15, -0.1) is 10.2 Å². The minimum absolute atomic E-state index is 0.102. The van der Waals surface area contributed by atoms with Crippen molar-refractivity contribution in [1.82, 2.24) is 24.6 Å². The highest BCUT2D eigenvalue weighted by Crippen LogP contribution is 2.32. The van der Waals surface area contributed by atoms with Crippen LogP contribution in [0.25, 0.3) is 10.9 Å². The molecule has 6 nitrogen and oxygen atoms in total. The van der Waals surface area contributed by atoms with Crippen LogP contribution in [0.3, 0.4) is 0 Å². The fourth-order valence-electron chi connectivity index (χ4n) is 4.34. The normalized spacial score (nSPS) is 13.5. The summed E-state index contributed by atoms with van der Waals surface area (Å²) in [6.07, 6.45) is 0.924. The van der Waals surface area contributed by atoms with Crippen molar-refractivity contribution < 1.29 is 4.79 Å². The van der Waals surface area contributed by atoms with E-state index in [1.165, 1.54) is 17.3 Å². The Hall–Kier alpha value is -2.90. The van der Waals surface area contributed by atoms with Crippen molar-refractivity contribution in [2.75, 3.05) is 14.1 Å². The number of Topliss-reactive ketones (excluding diaryl/α,β-unsaturated/α-hetero) is 1. The molecule has 4 aromatic rings. The average Bonchev–Trinajstić information content (AvgIpc) is 3.34. The fourth-order valence-corrected chi connectivity index (χ4v) is 5.25. The van der Waals surface area contributed by atoms with Gasteiger partial charge in [0.15, 0.2) is 16.8 Å². The summed E-state index contributed by atoms with van der Waals surface area (Å²) in [6, 6.07) is 18.4. The molecule has 0 amide bonds. The lowest BCUT2D eigenvalue weighted by Gasteiger charge is -2.23. The monoisotopic (exact) mass is 461 g/mol. The van der Waals surface area contributed by atoms with Crippen molar-refractivity contribution in [3.63, 3.8) is 0 Å². The van der Waals surface area contributed by atoms with E-state index in [4.69, 9.17) is 0 Å². The number of nitrogens with one attached hydrogen (secondary N) is 1. The summed E-state index contributed by atoms with van der Waals surface area (Å²) in [6.45, 7) is 6.75. The molecule has 7 heteroatoms. The van der Waals surface area contributed by atoms with Crippen LogP contribution in [0.1, 0.15) is 53.7 Å². The van der Waals surface area contributed by atoms with Gasteiger partial charge in [-0.2, -0.15) is 0 Å². The van der Waals surface area contributed by atoms with Gasteiger partial charge in [0.25, 0.3) is 0 Å². The highest BCUT2D eigenvalue weighted by Gasteiger charge is 2.27. The van der Waals surface area contributed by atoms with Gasteiger partial charge in [0.05, 0.1) is 17.8 Å². The number of fused-ring (bicyclic) bond motifs is 1. The van der Waals surface area contributed by atoms with E-state index in [1.807, 2.05) is 56.3 Å². The summed E-state index contributed by atoms with van der Waals surface area (Å²) >= 11 is 1.48. The van der Waals surface area contributed by atoms with Gasteiger partial charge in [-0.3, -0.25) is 9.69 Å². The van der Waals surface area contributed by atoms with Crippen LogP contribution in [-0.2, 0) is 6.54 Å². The molecule has 4 rings (SSSR count). The van der Waals surface area contributed by atoms with Gasteiger partial charge in [-0.25, -0.2) is 0 Å². The number of rotatable bonds is 9. The van der Waals surface area contributed by atoms with Gasteiger partial charge in [0.1, 0.15) is 0 Å². The van der Waals surface area contributed by atoms with Crippen LogP contribution < -0.4 is 0 Å². The number of aromatic amines is 1. The average molecular weight is 462 g/mol. The number of thioether (sulfide) groups is 1. The molecule has 0 saturated heterocycles. The Balaban J connectivity index is 1.67. The van der Waals surface area contributed by atoms with Crippen LogP contribution in [0.2, 0.25) is 0 Å². The minimum atomic E-state index is -0.297. The Morgan fingerprint density at radius 3 is 2.48 bits per heavy atom. The first-order valence-electron chi connectivity index (χ1n) is 11.3. The van der Waals surface area contributed by atoms with Gasteiger partial charge >= 0.3 is 0 Å². The molecule has 0 radical (unpaired) electrons. The third-order valence-corrected chi connectivity index (χ3v) is 7.11. The molecule has 0 aliphatic heterocycles. The molecule has 2 aromatic heterocycles. The predicted molar refractivity (Wildman–Crippen MR) is 135 cm³/mol. The second-order valence-corrected chi connectivity index (χ2v) is 9.90. The van der Waals surface area contributed by atoms with Gasteiger partial charge in [-0.05, 0) is 46.0 Å². The van der Waals surface area contributed by atoms with E-state index in [0.29, 0.717) is 6.54 Å². The number of H-pyrrole nitrogens is 1. The number of carbonyl (C=O) groups excluding carboxylic acids is 1. The number of aryl methyl sites for hydroxylation is 1. The molecule has 0 unspecified atom stereocenters. The first-order valence-corrected chi connectivity index (χ1v) is 12.2. The highest BCUT2D eigenvalue weighted by atomic mass is 32.2. The van der Waals surface area contributed by atoms with Crippen molar-refractivity contribution in [3.05, 3.63) is 77.2 Å². The van der Waals surface area contributed by atoms with Crippen LogP contribution in [0.4, 0.5) is 0 Å². The third kappa shape index (κ3) is 4.75. The van der Waals surface area contributed by atoms with Crippen LogP contribution in [0.5, 0.6) is 0 Å². The molecule has 0 spiro atoms. The fraction of sp³-hybridized carbons (Fsp3) is 0.346. The first kappa shape index (κ1) is 23.3. The lowest BCUT2D eigenvalue weighted by atomic mass is 10.1. The van der Waals surface area contributed by atoms with Gasteiger partial charge in [0, 0.05) is 22.2 Å². The Labute approximate surface area is 199 Å². The zero-order chi connectivity index (χ0) is 23.5. The van der Waals surface area contributed by atoms with Gasteiger partial charge in [0.2, 0.25) is 0 Å². The van der Waals surface area contributed by atoms with Crippen molar-refractivity contribution in [2.24, 2.45) is 0 Å². The Bertz CT molecular complexity index is 1240. The van der Waals surface area contributed by atoms with Crippen LogP contribution >= 0.6 is 11.8 Å². The molecule has 0 saturated carbocycles. The van der Waals surface area contributed by atoms with E-state index in [-0.39, 0.29) is 17.1 Å². The molecule has 0 bridgehead atoms. The van der Waals surface area contributed by atoms with Crippen LogP contribution in [0, 0.1) is 6.92 Å². The third-order valence-electron chi connectivity index (χ3n) is 6.03. The molecular formula is C26H31N5OS. The van der Waals surface area contributed by atoms with Crippen LogP contribution in [-0.4, -0.2) is 49.8 Å². The first-order chi connectivity index (χ1) is 15.9. The smallest absolute Gasteiger partial charge is 0.192 e. The van der Waals surface area contributed by atoms with E-state index in [2.05, 4.69) is 57.8 Å². The van der Waals surface area contributed by atoms with E-state index in [1.54, 1.807) is 0 Å². The Morgan fingerprint density at radius 1 is 1.09 bits per heavy atom. The molecule has 2 atom stereocenters. The number of carbonyl (C=O) groups is 1. The molecular weight excluding hydrogens is 430 g/mol. The molecule has 0 aliphatic rings. The van der Waals surface area contributed by atoms with Crippen molar-refractivity contribution in [3.8, 4) is 0 Å². The Morgan fingerprint density at radius 2 is 1.79 bits per heavy atom. The minimum Gasteiger partial charge on any atom is -0.358 e. The molecule has 1 N–H and O–H groups in total. The van der Waals surface area contributed by atoms with Gasteiger partial charge in [-0.1, -0.05) is 67.2 Å². The summed E-state index contributed by atoms with van der Waals surface area (Å²) in [4.78, 5) is 19.0. The lowest BCUT2D eigenvalue weighted by Crippen LogP contribution is -2.23. The number of para-hydroxylation sites is 1. The zero-order valence-electron chi connectivity index (χ0n) is 19.9. The number of benzene rings is 2. The second kappa shape index (κ2) is 9.93. The number of aromatic nitrogens is 4. The quantitative estimate of drug-likeness (QED) is 0.264. The highest BCUT2D eigenvalue weighted by molar-refractivity contribution is 8.00. The molecule has 0 aliphatic carbocycles. The predicted octanol–water partition coefficient (Wildman–Crippen LogP) is 5.49. The summed E-state index contributed by atoms with van der Waals surface area (Å²) in [7, 11) is 4.13. The van der Waals surface area contributed by atoms with E-state index in [9.17, 15) is 4.79 Å². The maximum Gasteiger partial charge on any atom is 0.192 e. The molecule has 2 aromatic carbocycles. The largest absolute Gasteiger partial charge is 0.358 e. The topological polar surface area (TPSA) is 66.8 Å². The van der Waals surface area contributed by atoms with Gasteiger partial charge < -0.3 is 9.55 Å².